The molecule has 3 nitrogen and oxygen atoms in total. The number of carbonyl (C=O) groups is 1. The maximum atomic E-state index is 11.4. The van der Waals surface area contributed by atoms with E-state index in [1.54, 1.807) is 0 Å². The van der Waals surface area contributed by atoms with Gasteiger partial charge in [-0.1, -0.05) is 46.3 Å². The van der Waals surface area contributed by atoms with Crippen molar-refractivity contribution >= 4 is 33.6 Å². The van der Waals surface area contributed by atoms with E-state index >= 15 is 0 Å². The Bertz CT molecular complexity index is 437. The third-order valence-electron chi connectivity index (χ3n) is 2.09. The number of amides is 1. The van der Waals surface area contributed by atoms with Gasteiger partial charge in [0.1, 0.15) is 0 Å². The molecule has 0 aromatic heterocycles. The van der Waals surface area contributed by atoms with Gasteiger partial charge in [-0.25, -0.2) is 5.43 Å². The van der Waals surface area contributed by atoms with Gasteiger partial charge in [0.05, 0.1) is 11.3 Å². The standard InChI is InChI=1S/C11H9BrN2O/c12-7-10-9(11(15)14-13-10)6-8-4-2-1-3-5-8/h1-6H,7H2,(H,14,15)/b9-6-. The molecule has 1 N–H and O–H groups in total. The molecule has 15 heavy (non-hydrogen) atoms. The number of hydrogen-bond acceptors (Lipinski definition) is 2. The quantitative estimate of drug-likeness (QED) is 0.644. The summed E-state index contributed by atoms with van der Waals surface area (Å²) in [5.74, 6) is -0.145. The Morgan fingerprint density at radius 1 is 1.33 bits per heavy atom. The van der Waals surface area contributed by atoms with Crippen LogP contribution in [0.4, 0.5) is 0 Å². The summed E-state index contributed by atoms with van der Waals surface area (Å²) in [6.45, 7) is 0. The smallest absolute Gasteiger partial charge is 0.267 e. The van der Waals surface area contributed by atoms with Crippen molar-refractivity contribution in [1.29, 1.82) is 0 Å². The number of nitrogens with zero attached hydrogens (tertiary/aromatic N) is 1. The van der Waals surface area contributed by atoms with Crippen molar-refractivity contribution in [3.8, 4) is 0 Å². The lowest BCUT2D eigenvalue weighted by Gasteiger charge is -1.97. The zero-order chi connectivity index (χ0) is 10.7. The molecule has 1 aromatic rings. The normalized spacial score (nSPS) is 17.8. The van der Waals surface area contributed by atoms with E-state index in [1.807, 2.05) is 36.4 Å². The highest BCUT2D eigenvalue weighted by atomic mass is 79.9. The molecule has 0 radical (unpaired) electrons. The number of benzene rings is 1. The van der Waals surface area contributed by atoms with Gasteiger partial charge in [-0.15, -0.1) is 0 Å². The Labute approximate surface area is 96.0 Å². The van der Waals surface area contributed by atoms with Gasteiger partial charge in [-0.2, -0.15) is 5.10 Å². The van der Waals surface area contributed by atoms with Gasteiger partial charge < -0.3 is 0 Å². The van der Waals surface area contributed by atoms with E-state index in [1.165, 1.54) is 0 Å². The minimum absolute atomic E-state index is 0.145. The minimum atomic E-state index is -0.145. The fourth-order valence-electron chi connectivity index (χ4n) is 1.34. The lowest BCUT2D eigenvalue weighted by Crippen LogP contribution is -2.13. The summed E-state index contributed by atoms with van der Waals surface area (Å²) in [5.41, 5.74) is 4.80. The molecule has 0 saturated heterocycles. The van der Waals surface area contributed by atoms with Crippen molar-refractivity contribution in [2.45, 2.75) is 0 Å². The third kappa shape index (κ3) is 2.15. The Morgan fingerprint density at radius 2 is 2.07 bits per heavy atom. The first kappa shape index (κ1) is 10.1. The number of halogens is 1. The number of nitrogens with one attached hydrogen (secondary N) is 1. The van der Waals surface area contributed by atoms with Crippen molar-refractivity contribution in [1.82, 2.24) is 5.43 Å². The van der Waals surface area contributed by atoms with Crippen LogP contribution in [-0.4, -0.2) is 16.9 Å². The predicted molar refractivity (Wildman–Crippen MR) is 63.8 cm³/mol. The summed E-state index contributed by atoms with van der Waals surface area (Å²) in [6, 6.07) is 9.71. The number of rotatable bonds is 2. The molecule has 0 bridgehead atoms. The average molecular weight is 265 g/mol. The summed E-state index contributed by atoms with van der Waals surface area (Å²) in [5, 5.41) is 4.49. The molecular weight excluding hydrogens is 256 g/mol. The van der Waals surface area contributed by atoms with Crippen LogP contribution in [0.5, 0.6) is 0 Å². The van der Waals surface area contributed by atoms with Crippen molar-refractivity contribution in [2.75, 3.05) is 5.33 Å². The summed E-state index contributed by atoms with van der Waals surface area (Å²) in [4.78, 5) is 11.4. The van der Waals surface area contributed by atoms with E-state index in [9.17, 15) is 4.79 Å². The SMILES string of the molecule is O=C1NN=C(CBr)/C1=C/c1ccccc1. The molecule has 0 spiro atoms. The minimum Gasteiger partial charge on any atom is -0.267 e. The molecule has 1 heterocycles. The average Bonchev–Trinajstić information content (AvgIpc) is 2.62. The number of alkyl halides is 1. The van der Waals surface area contributed by atoms with Crippen molar-refractivity contribution in [3.05, 3.63) is 41.5 Å². The van der Waals surface area contributed by atoms with E-state index in [0.29, 0.717) is 10.9 Å². The first-order chi connectivity index (χ1) is 7.31. The molecular formula is C11H9BrN2O. The first-order valence-electron chi connectivity index (χ1n) is 4.51. The highest BCUT2D eigenvalue weighted by Gasteiger charge is 2.20. The molecule has 0 atom stereocenters. The summed E-state index contributed by atoms with van der Waals surface area (Å²) in [7, 11) is 0. The number of carbonyl (C=O) groups excluding carboxylic acids is 1. The van der Waals surface area contributed by atoms with Crippen molar-refractivity contribution in [2.24, 2.45) is 5.10 Å². The van der Waals surface area contributed by atoms with Crippen LogP contribution in [0.1, 0.15) is 5.56 Å². The molecule has 2 rings (SSSR count). The topological polar surface area (TPSA) is 41.5 Å². The maximum Gasteiger partial charge on any atom is 0.273 e. The molecule has 4 heteroatoms. The molecule has 1 amide bonds. The molecule has 1 aliphatic heterocycles. The molecule has 0 unspecified atom stereocenters. The molecule has 1 aliphatic rings. The van der Waals surface area contributed by atoms with Crippen molar-refractivity contribution in [3.63, 3.8) is 0 Å². The Morgan fingerprint density at radius 3 is 2.73 bits per heavy atom. The van der Waals surface area contributed by atoms with Crippen LogP contribution in [0.25, 0.3) is 6.08 Å². The highest BCUT2D eigenvalue weighted by Crippen LogP contribution is 2.13. The zero-order valence-electron chi connectivity index (χ0n) is 7.90. The largest absolute Gasteiger partial charge is 0.273 e. The second kappa shape index (κ2) is 4.40. The second-order valence-electron chi connectivity index (χ2n) is 3.10. The lowest BCUT2D eigenvalue weighted by molar-refractivity contribution is -0.116. The van der Waals surface area contributed by atoms with E-state index in [-0.39, 0.29) is 5.91 Å². The fourth-order valence-corrected chi connectivity index (χ4v) is 1.76. The van der Waals surface area contributed by atoms with Gasteiger partial charge in [0.2, 0.25) is 0 Å². The predicted octanol–water partition coefficient (Wildman–Crippen LogP) is 1.95. The van der Waals surface area contributed by atoms with Gasteiger partial charge in [0.25, 0.3) is 5.91 Å². The summed E-state index contributed by atoms with van der Waals surface area (Å²) < 4.78 is 0. The molecule has 0 aliphatic carbocycles. The van der Waals surface area contributed by atoms with Crippen LogP contribution < -0.4 is 5.43 Å². The van der Waals surface area contributed by atoms with Gasteiger partial charge in [-0.05, 0) is 11.6 Å². The molecule has 0 fully saturated rings. The van der Waals surface area contributed by atoms with E-state index in [0.717, 1.165) is 11.3 Å². The van der Waals surface area contributed by atoms with Crippen LogP contribution in [0.15, 0.2) is 41.0 Å². The van der Waals surface area contributed by atoms with Gasteiger partial charge in [-0.3, -0.25) is 4.79 Å². The fraction of sp³-hybridized carbons (Fsp3) is 0.0909. The van der Waals surface area contributed by atoms with Gasteiger partial charge >= 0.3 is 0 Å². The first-order valence-corrected chi connectivity index (χ1v) is 5.63. The third-order valence-corrected chi connectivity index (χ3v) is 2.62. The van der Waals surface area contributed by atoms with Gasteiger partial charge in [0.15, 0.2) is 0 Å². The highest BCUT2D eigenvalue weighted by molar-refractivity contribution is 9.09. The molecule has 0 saturated carbocycles. The number of hydrogen-bond donors (Lipinski definition) is 1. The van der Waals surface area contributed by atoms with Crippen LogP contribution >= 0.6 is 15.9 Å². The van der Waals surface area contributed by atoms with Crippen molar-refractivity contribution < 1.29 is 4.79 Å². The van der Waals surface area contributed by atoms with E-state index < -0.39 is 0 Å². The Balaban J connectivity index is 2.34. The van der Waals surface area contributed by atoms with Crippen LogP contribution in [0.3, 0.4) is 0 Å². The maximum absolute atomic E-state index is 11.4. The second-order valence-corrected chi connectivity index (χ2v) is 3.66. The van der Waals surface area contributed by atoms with Crippen LogP contribution in [0.2, 0.25) is 0 Å². The van der Waals surface area contributed by atoms with Crippen LogP contribution in [0, 0.1) is 0 Å². The summed E-state index contributed by atoms with van der Waals surface area (Å²) >= 11 is 3.29. The monoisotopic (exact) mass is 264 g/mol. The Kier molecular flexibility index (Phi) is 2.97. The number of hydrazone groups is 1. The lowest BCUT2D eigenvalue weighted by atomic mass is 10.1. The molecule has 76 valence electrons. The molecule has 1 aromatic carbocycles. The summed E-state index contributed by atoms with van der Waals surface area (Å²) in [6.07, 6.45) is 1.84. The van der Waals surface area contributed by atoms with Crippen LogP contribution in [-0.2, 0) is 4.79 Å². The zero-order valence-corrected chi connectivity index (χ0v) is 9.49. The van der Waals surface area contributed by atoms with E-state index in [2.05, 4.69) is 26.5 Å². The van der Waals surface area contributed by atoms with Gasteiger partial charge in [0, 0.05) is 5.33 Å². The Hall–Kier alpha value is -1.42. The van der Waals surface area contributed by atoms with E-state index in [4.69, 9.17) is 0 Å².